The Morgan fingerprint density at radius 2 is 1.91 bits per heavy atom. The van der Waals surface area contributed by atoms with Crippen LogP contribution in [0.2, 0.25) is 0 Å². The van der Waals surface area contributed by atoms with Crippen molar-refractivity contribution in [1.82, 2.24) is 4.98 Å². The molecule has 3 aromatic rings. The molecule has 0 aliphatic carbocycles. The smallest absolute Gasteiger partial charge is 0.418 e. The van der Waals surface area contributed by atoms with Gasteiger partial charge in [-0.2, -0.15) is 13.2 Å². The molecular weight excluding hydrogens is 440 g/mol. The van der Waals surface area contributed by atoms with E-state index in [2.05, 4.69) is 10.3 Å². The van der Waals surface area contributed by atoms with E-state index in [-0.39, 0.29) is 5.56 Å². The van der Waals surface area contributed by atoms with Crippen LogP contribution in [0.4, 0.5) is 23.2 Å². The van der Waals surface area contributed by atoms with E-state index < -0.39 is 36.0 Å². The molecule has 1 atom stereocenters. The van der Waals surface area contributed by atoms with E-state index in [1.807, 2.05) is 0 Å². The van der Waals surface area contributed by atoms with Gasteiger partial charge in [0.2, 0.25) is 5.56 Å². The summed E-state index contributed by atoms with van der Waals surface area (Å²) in [5.74, 6) is -0.169. The topological polar surface area (TPSA) is 74.4 Å². The van der Waals surface area contributed by atoms with Gasteiger partial charge < -0.3 is 20.1 Å². The number of nitrogens with one attached hydrogen (secondary N) is 2. The largest absolute Gasteiger partial charge is 0.493 e. The summed E-state index contributed by atoms with van der Waals surface area (Å²) in [4.78, 5) is 14.2. The Morgan fingerprint density at radius 3 is 2.64 bits per heavy atom. The number of rotatable bonds is 6. The number of aromatic amines is 1. The van der Waals surface area contributed by atoms with Crippen molar-refractivity contribution in [2.24, 2.45) is 0 Å². The van der Waals surface area contributed by atoms with Crippen LogP contribution in [0.3, 0.4) is 0 Å². The maximum atomic E-state index is 14.2. The number of benzene rings is 2. The predicted molar refractivity (Wildman–Crippen MR) is 117 cm³/mol. The Hall–Kier alpha value is -3.07. The van der Waals surface area contributed by atoms with Crippen LogP contribution in [0.25, 0.3) is 10.9 Å². The molecular formula is C24H24F4N2O3. The van der Waals surface area contributed by atoms with Gasteiger partial charge in [0, 0.05) is 34.7 Å². The molecule has 2 aromatic carbocycles. The fourth-order valence-electron chi connectivity index (χ4n) is 4.44. The molecule has 5 nitrogen and oxygen atoms in total. The van der Waals surface area contributed by atoms with Crippen LogP contribution in [0.1, 0.15) is 31.4 Å². The third-order valence-electron chi connectivity index (χ3n) is 6.08. The monoisotopic (exact) mass is 464 g/mol. The van der Waals surface area contributed by atoms with Crippen LogP contribution in [-0.2, 0) is 11.8 Å². The summed E-state index contributed by atoms with van der Waals surface area (Å²) in [5, 5.41) is 14.1. The van der Waals surface area contributed by atoms with Crippen molar-refractivity contribution in [3.05, 3.63) is 69.8 Å². The molecule has 1 aromatic heterocycles. The molecule has 0 spiro atoms. The van der Waals surface area contributed by atoms with Crippen molar-refractivity contribution >= 4 is 16.6 Å². The van der Waals surface area contributed by atoms with Crippen molar-refractivity contribution in [1.29, 1.82) is 0 Å². The summed E-state index contributed by atoms with van der Waals surface area (Å²) in [6, 6.07) is 10.1. The lowest BCUT2D eigenvalue weighted by molar-refractivity contribution is -0.260. The quantitative estimate of drug-likeness (QED) is 0.464. The third kappa shape index (κ3) is 4.42. The number of fused-ring (bicyclic) bond motifs is 2. The number of aromatic nitrogens is 1. The first kappa shape index (κ1) is 23.1. The van der Waals surface area contributed by atoms with Crippen molar-refractivity contribution in [2.75, 3.05) is 18.5 Å². The lowest BCUT2D eigenvalue weighted by Gasteiger charge is -2.38. The second kappa shape index (κ2) is 8.06. The molecule has 0 radical (unpaired) electrons. The number of ether oxygens (including phenoxy) is 1. The number of hydrogen-bond donors (Lipinski definition) is 3. The van der Waals surface area contributed by atoms with Gasteiger partial charge in [0.15, 0.2) is 5.60 Å². The summed E-state index contributed by atoms with van der Waals surface area (Å²) in [5.41, 5.74) is -3.03. The molecule has 0 saturated carbocycles. The highest BCUT2D eigenvalue weighted by Crippen LogP contribution is 2.46. The molecule has 0 saturated heterocycles. The number of H-pyrrole nitrogens is 1. The highest BCUT2D eigenvalue weighted by atomic mass is 19.4. The van der Waals surface area contributed by atoms with Crippen LogP contribution in [0.5, 0.6) is 5.75 Å². The Labute approximate surface area is 187 Å². The molecule has 9 heteroatoms. The Kier molecular flexibility index (Phi) is 5.64. The van der Waals surface area contributed by atoms with Gasteiger partial charge in [-0.1, -0.05) is 19.9 Å². The molecule has 33 heavy (non-hydrogen) atoms. The van der Waals surface area contributed by atoms with Crippen LogP contribution >= 0.6 is 0 Å². The van der Waals surface area contributed by atoms with Crippen molar-refractivity contribution in [3.8, 4) is 5.75 Å². The predicted octanol–water partition coefficient (Wildman–Crippen LogP) is 4.68. The first-order valence-electron chi connectivity index (χ1n) is 10.5. The number of halogens is 4. The standard InChI is InChI=1S/C24H24F4N2O3/c1-22(2,17-11-15(25)10-14-8-9-33-21(14)17)12-23(32,24(26,27)28)13-29-18-4-3-5-19-16(18)6-7-20(31)30-19/h3-7,10-11,29,32H,8-9,12-13H2,1-2H3,(H,30,31)/t23-/m1/s1. The fraction of sp³-hybridized carbons (Fsp3) is 0.375. The van der Waals surface area contributed by atoms with Crippen LogP contribution in [0.15, 0.2) is 47.3 Å². The lowest BCUT2D eigenvalue weighted by Crippen LogP contribution is -2.53. The molecule has 2 heterocycles. The molecule has 0 fully saturated rings. The normalized spacial score (nSPS) is 15.7. The van der Waals surface area contributed by atoms with E-state index in [9.17, 15) is 27.5 Å². The van der Waals surface area contributed by atoms with Crippen molar-refractivity contribution < 1.29 is 27.4 Å². The molecule has 4 rings (SSSR count). The molecule has 0 bridgehead atoms. The molecule has 176 valence electrons. The lowest BCUT2D eigenvalue weighted by atomic mass is 9.74. The first-order chi connectivity index (χ1) is 15.4. The first-order valence-corrected chi connectivity index (χ1v) is 10.5. The maximum absolute atomic E-state index is 14.2. The van der Waals surface area contributed by atoms with E-state index in [4.69, 9.17) is 4.74 Å². The Balaban J connectivity index is 1.66. The van der Waals surface area contributed by atoms with Gasteiger partial charge >= 0.3 is 6.18 Å². The average molecular weight is 464 g/mol. The fourth-order valence-corrected chi connectivity index (χ4v) is 4.44. The average Bonchev–Trinajstić information content (AvgIpc) is 3.18. The molecule has 1 aliphatic rings. The molecule has 3 N–H and O–H groups in total. The highest BCUT2D eigenvalue weighted by Gasteiger charge is 2.56. The zero-order valence-electron chi connectivity index (χ0n) is 18.1. The van der Waals surface area contributed by atoms with Crippen molar-refractivity contribution in [2.45, 2.75) is 43.9 Å². The minimum atomic E-state index is -4.96. The number of pyridine rings is 1. The maximum Gasteiger partial charge on any atom is 0.418 e. The zero-order chi connectivity index (χ0) is 24.0. The Bertz CT molecular complexity index is 1250. The van der Waals surface area contributed by atoms with E-state index in [1.165, 1.54) is 38.1 Å². The summed E-state index contributed by atoms with van der Waals surface area (Å²) in [6.07, 6.45) is -5.21. The summed E-state index contributed by atoms with van der Waals surface area (Å²) in [6.45, 7) is 2.55. The van der Waals surface area contributed by atoms with Gasteiger partial charge in [0.05, 0.1) is 18.7 Å². The second-order valence-electron chi connectivity index (χ2n) is 9.07. The second-order valence-corrected chi connectivity index (χ2v) is 9.07. The van der Waals surface area contributed by atoms with E-state index >= 15 is 0 Å². The van der Waals surface area contributed by atoms with Crippen LogP contribution < -0.4 is 15.6 Å². The van der Waals surface area contributed by atoms with Crippen molar-refractivity contribution in [3.63, 3.8) is 0 Å². The van der Waals surface area contributed by atoms with Gasteiger partial charge in [-0.3, -0.25) is 4.79 Å². The van der Waals surface area contributed by atoms with E-state index in [1.54, 1.807) is 18.2 Å². The molecule has 1 aliphatic heterocycles. The van der Waals surface area contributed by atoms with E-state index in [0.717, 1.165) is 0 Å². The minimum absolute atomic E-state index is 0.292. The zero-order valence-corrected chi connectivity index (χ0v) is 18.1. The van der Waals surface area contributed by atoms with Crippen LogP contribution in [-0.4, -0.2) is 35.0 Å². The Morgan fingerprint density at radius 1 is 1.15 bits per heavy atom. The summed E-state index contributed by atoms with van der Waals surface area (Å²) >= 11 is 0. The molecule has 0 unspecified atom stereocenters. The highest BCUT2D eigenvalue weighted by molar-refractivity contribution is 5.91. The van der Waals surface area contributed by atoms with Gasteiger partial charge in [-0.05, 0) is 42.2 Å². The number of alkyl halides is 3. The summed E-state index contributed by atoms with van der Waals surface area (Å²) in [7, 11) is 0. The van der Waals surface area contributed by atoms with Gasteiger partial charge in [0.25, 0.3) is 0 Å². The summed E-state index contributed by atoms with van der Waals surface area (Å²) < 4.78 is 62.2. The SMILES string of the molecule is CC(C)(C[C@@](O)(CNc1cccc2[nH]c(=O)ccc12)C(F)(F)F)c1cc(F)cc2c1OCC2. The third-order valence-corrected chi connectivity index (χ3v) is 6.08. The minimum Gasteiger partial charge on any atom is -0.493 e. The van der Waals surface area contributed by atoms with Crippen LogP contribution in [0, 0.1) is 5.82 Å². The number of anilines is 1. The number of aliphatic hydroxyl groups is 1. The number of hydrogen-bond acceptors (Lipinski definition) is 4. The van der Waals surface area contributed by atoms with E-state index in [0.29, 0.717) is 46.5 Å². The van der Waals surface area contributed by atoms with Gasteiger partial charge in [-0.15, -0.1) is 0 Å². The molecule has 0 amide bonds. The van der Waals surface area contributed by atoms with Gasteiger partial charge in [-0.25, -0.2) is 4.39 Å². The van der Waals surface area contributed by atoms with Gasteiger partial charge in [0.1, 0.15) is 11.6 Å².